The van der Waals surface area contributed by atoms with Crippen LogP contribution in [-0.4, -0.2) is 25.7 Å². The lowest BCUT2D eigenvalue weighted by molar-refractivity contribution is -0.143. The van der Waals surface area contributed by atoms with Crippen LogP contribution in [0.15, 0.2) is 18.5 Å². The van der Waals surface area contributed by atoms with E-state index in [1.165, 1.54) is 23.1 Å². The predicted octanol–water partition coefficient (Wildman–Crippen LogP) is 2.51. The molecule has 0 saturated heterocycles. The summed E-state index contributed by atoms with van der Waals surface area (Å²) in [6.07, 6.45) is -1.62. The molecule has 22 heavy (non-hydrogen) atoms. The van der Waals surface area contributed by atoms with E-state index in [0.717, 1.165) is 4.68 Å². The maximum atomic E-state index is 13.7. The number of nitrogens with one attached hydrogen (secondary N) is 1. The summed E-state index contributed by atoms with van der Waals surface area (Å²) >= 11 is 0. The van der Waals surface area contributed by atoms with Crippen LogP contribution < -0.4 is 5.32 Å². The smallest absolute Gasteiger partial charge is 0.307 e. The molecule has 0 amide bonds. The Morgan fingerprint density at radius 1 is 1.18 bits per heavy atom. The van der Waals surface area contributed by atoms with Gasteiger partial charge in [-0.25, -0.2) is 4.68 Å². The summed E-state index contributed by atoms with van der Waals surface area (Å²) in [5.41, 5.74) is 0.759. The molecule has 2 heterocycles. The third-order valence-electron chi connectivity index (χ3n) is 2.90. The van der Waals surface area contributed by atoms with Crippen molar-refractivity contribution in [2.75, 3.05) is 0 Å². The molecular formula is C12H16ClF4N5. The number of alkyl halides is 3. The maximum absolute atomic E-state index is 13.7. The van der Waals surface area contributed by atoms with E-state index in [1.807, 2.05) is 0 Å². The van der Waals surface area contributed by atoms with Crippen LogP contribution in [0.4, 0.5) is 17.6 Å². The first kappa shape index (κ1) is 18.4. The zero-order valence-electron chi connectivity index (χ0n) is 11.8. The van der Waals surface area contributed by atoms with Crippen LogP contribution in [0.1, 0.15) is 18.2 Å². The van der Waals surface area contributed by atoms with Gasteiger partial charge in [-0.15, -0.1) is 12.4 Å². The fraction of sp³-hybridized carbons (Fsp3) is 0.500. The molecule has 0 aliphatic heterocycles. The Balaban J connectivity index is 0.00000242. The minimum absolute atomic E-state index is 0. The summed E-state index contributed by atoms with van der Waals surface area (Å²) in [5.74, 6) is -0.436. The van der Waals surface area contributed by atoms with Gasteiger partial charge < -0.3 is 5.32 Å². The molecule has 0 aliphatic carbocycles. The van der Waals surface area contributed by atoms with Gasteiger partial charge in [0.15, 0.2) is 0 Å². The Labute approximate surface area is 130 Å². The SMILES string of the molecule is CCn1ncc(CNCc2ccnn2CC(F)(F)F)c1F.Cl. The average molecular weight is 342 g/mol. The third kappa shape index (κ3) is 4.70. The van der Waals surface area contributed by atoms with Gasteiger partial charge >= 0.3 is 6.18 Å². The van der Waals surface area contributed by atoms with Gasteiger partial charge in [-0.1, -0.05) is 0 Å². The number of hydrogen-bond donors (Lipinski definition) is 1. The first-order valence-electron chi connectivity index (χ1n) is 6.39. The highest BCUT2D eigenvalue weighted by Crippen LogP contribution is 2.18. The van der Waals surface area contributed by atoms with E-state index in [1.54, 1.807) is 6.92 Å². The van der Waals surface area contributed by atoms with E-state index in [4.69, 9.17) is 0 Å². The molecule has 1 N–H and O–H groups in total. The minimum Gasteiger partial charge on any atom is -0.307 e. The van der Waals surface area contributed by atoms with Gasteiger partial charge in [0.25, 0.3) is 0 Å². The second kappa shape index (κ2) is 7.59. The molecule has 2 aromatic rings. The Hall–Kier alpha value is -1.61. The number of halogens is 5. The van der Waals surface area contributed by atoms with Gasteiger partial charge in [-0.3, -0.25) is 4.68 Å². The summed E-state index contributed by atoms with van der Waals surface area (Å²) in [6, 6.07) is 1.49. The topological polar surface area (TPSA) is 47.7 Å². The quantitative estimate of drug-likeness (QED) is 0.821. The van der Waals surface area contributed by atoms with Gasteiger partial charge in [0.05, 0.1) is 11.9 Å². The summed E-state index contributed by atoms with van der Waals surface area (Å²) in [5, 5.41) is 10.4. The summed E-state index contributed by atoms with van der Waals surface area (Å²) < 4.78 is 52.8. The van der Waals surface area contributed by atoms with E-state index < -0.39 is 18.7 Å². The fourth-order valence-electron chi connectivity index (χ4n) is 1.90. The highest BCUT2D eigenvalue weighted by Gasteiger charge is 2.29. The van der Waals surface area contributed by atoms with E-state index in [2.05, 4.69) is 15.5 Å². The van der Waals surface area contributed by atoms with Crippen molar-refractivity contribution in [1.29, 1.82) is 0 Å². The predicted molar refractivity (Wildman–Crippen MR) is 73.9 cm³/mol. The molecule has 2 aromatic heterocycles. The Kier molecular flexibility index (Phi) is 6.36. The van der Waals surface area contributed by atoms with Crippen molar-refractivity contribution in [2.45, 2.75) is 39.3 Å². The molecule has 0 fully saturated rings. The van der Waals surface area contributed by atoms with Crippen LogP contribution in [0.25, 0.3) is 0 Å². The average Bonchev–Trinajstić information content (AvgIpc) is 2.96. The summed E-state index contributed by atoms with van der Waals surface area (Å²) in [4.78, 5) is 0. The van der Waals surface area contributed by atoms with Crippen molar-refractivity contribution in [3.63, 3.8) is 0 Å². The van der Waals surface area contributed by atoms with Crippen molar-refractivity contribution in [3.8, 4) is 0 Å². The Morgan fingerprint density at radius 2 is 1.91 bits per heavy atom. The van der Waals surface area contributed by atoms with Crippen molar-refractivity contribution < 1.29 is 17.6 Å². The zero-order chi connectivity index (χ0) is 15.5. The van der Waals surface area contributed by atoms with Gasteiger partial charge in [-0.05, 0) is 13.0 Å². The molecule has 0 unspecified atom stereocenters. The summed E-state index contributed by atoms with van der Waals surface area (Å²) in [7, 11) is 0. The fourth-order valence-corrected chi connectivity index (χ4v) is 1.90. The molecule has 124 valence electrons. The number of aromatic nitrogens is 4. The second-order valence-electron chi connectivity index (χ2n) is 4.48. The lowest BCUT2D eigenvalue weighted by atomic mass is 10.3. The molecule has 0 bridgehead atoms. The molecule has 0 atom stereocenters. The highest BCUT2D eigenvalue weighted by atomic mass is 35.5. The molecule has 0 spiro atoms. The van der Waals surface area contributed by atoms with Crippen molar-refractivity contribution in [3.05, 3.63) is 35.7 Å². The van der Waals surface area contributed by atoms with Gasteiger partial charge in [0, 0.05) is 31.4 Å². The first-order chi connectivity index (χ1) is 9.90. The van der Waals surface area contributed by atoms with Crippen LogP contribution in [0.3, 0.4) is 0 Å². The molecule has 0 saturated carbocycles. The maximum Gasteiger partial charge on any atom is 0.408 e. The number of aryl methyl sites for hydroxylation is 1. The Bertz CT molecular complexity index is 593. The van der Waals surface area contributed by atoms with Crippen LogP contribution in [0, 0.1) is 5.95 Å². The van der Waals surface area contributed by atoms with Crippen LogP contribution in [-0.2, 0) is 26.2 Å². The molecule has 0 radical (unpaired) electrons. The van der Waals surface area contributed by atoms with E-state index in [-0.39, 0.29) is 25.5 Å². The van der Waals surface area contributed by atoms with Crippen LogP contribution >= 0.6 is 12.4 Å². The Morgan fingerprint density at radius 3 is 2.50 bits per heavy atom. The molecule has 0 aliphatic rings. The highest BCUT2D eigenvalue weighted by molar-refractivity contribution is 5.85. The largest absolute Gasteiger partial charge is 0.408 e. The number of hydrogen-bond acceptors (Lipinski definition) is 3. The van der Waals surface area contributed by atoms with Crippen LogP contribution in [0.5, 0.6) is 0 Å². The van der Waals surface area contributed by atoms with Gasteiger partial charge in [0.2, 0.25) is 5.95 Å². The summed E-state index contributed by atoms with van der Waals surface area (Å²) in [6.45, 7) is 1.39. The molecule has 10 heteroatoms. The second-order valence-corrected chi connectivity index (χ2v) is 4.48. The monoisotopic (exact) mass is 341 g/mol. The van der Waals surface area contributed by atoms with Crippen molar-refractivity contribution >= 4 is 12.4 Å². The third-order valence-corrected chi connectivity index (χ3v) is 2.90. The number of nitrogens with zero attached hydrogens (tertiary/aromatic N) is 4. The standard InChI is InChI=1S/C12H15F4N5.ClH/c1-2-20-11(13)9(6-19-20)5-17-7-10-3-4-18-21(10)8-12(14,15)16;/h3-4,6,17H,2,5,7-8H2,1H3;1H. The number of rotatable bonds is 6. The molecule has 5 nitrogen and oxygen atoms in total. The minimum atomic E-state index is -4.32. The first-order valence-corrected chi connectivity index (χ1v) is 6.39. The van der Waals surface area contributed by atoms with E-state index in [9.17, 15) is 17.6 Å². The lowest BCUT2D eigenvalue weighted by Crippen LogP contribution is -2.23. The molecule has 0 aromatic carbocycles. The molecular weight excluding hydrogens is 326 g/mol. The van der Waals surface area contributed by atoms with Crippen molar-refractivity contribution in [1.82, 2.24) is 24.9 Å². The van der Waals surface area contributed by atoms with Crippen LogP contribution in [0.2, 0.25) is 0 Å². The van der Waals surface area contributed by atoms with Crippen molar-refractivity contribution in [2.24, 2.45) is 0 Å². The normalized spacial score (nSPS) is 11.5. The van der Waals surface area contributed by atoms with E-state index in [0.29, 0.717) is 17.8 Å². The van der Waals surface area contributed by atoms with E-state index >= 15 is 0 Å². The molecule has 2 rings (SSSR count). The van der Waals surface area contributed by atoms with Gasteiger partial charge in [-0.2, -0.15) is 27.8 Å². The zero-order valence-corrected chi connectivity index (χ0v) is 12.6. The lowest BCUT2D eigenvalue weighted by Gasteiger charge is -2.10. The van der Waals surface area contributed by atoms with Gasteiger partial charge in [0.1, 0.15) is 6.54 Å².